The number of phenols is 1. The predicted molar refractivity (Wildman–Crippen MR) is 121 cm³/mol. The average molecular weight is 424 g/mol. The van der Waals surface area contributed by atoms with Crippen LogP contribution in [0.5, 0.6) is 5.75 Å². The normalized spacial score (nSPS) is 11.8. The molecule has 3 aromatic carbocycles. The van der Waals surface area contributed by atoms with Gasteiger partial charge in [0.25, 0.3) is 0 Å². The Labute approximate surface area is 186 Å². The van der Waals surface area contributed by atoms with Gasteiger partial charge in [0.1, 0.15) is 37.2 Å². The van der Waals surface area contributed by atoms with Gasteiger partial charge in [-0.3, -0.25) is 0 Å². The van der Waals surface area contributed by atoms with Gasteiger partial charge in [-0.05, 0) is 40.9 Å². The summed E-state index contributed by atoms with van der Waals surface area (Å²) in [6, 6.07) is 20.1. The van der Waals surface area contributed by atoms with Gasteiger partial charge in [0.05, 0.1) is 6.61 Å². The number of fused-ring (bicyclic) bond motifs is 2. The summed E-state index contributed by atoms with van der Waals surface area (Å²) in [4.78, 5) is 16.2. The molecule has 5 nitrogen and oxygen atoms in total. The molecule has 1 aliphatic heterocycles. The highest BCUT2D eigenvalue weighted by molar-refractivity contribution is 6.48. The van der Waals surface area contributed by atoms with E-state index in [2.05, 4.69) is 4.98 Å². The van der Waals surface area contributed by atoms with Crippen LogP contribution < -0.4 is 10.9 Å². The molecule has 32 heavy (non-hydrogen) atoms. The standard InChI is InChI=1S/C17H12BNO3.C7H5BFO/c18-13-5-1-3-11(9-13)10-22-17(21)14-8-7-12-4-2-6-15(20)16(12)19-14;9-6-1-2-7-5(3-6)4-10-8-7/h1-9,20H,10H2;1-3H,4H2. The fourth-order valence-electron chi connectivity index (χ4n) is 3.19. The topological polar surface area (TPSA) is 68.7 Å². The Kier molecular flexibility index (Phi) is 6.52. The van der Waals surface area contributed by atoms with Gasteiger partial charge in [0.2, 0.25) is 0 Å². The lowest BCUT2D eigenvalue weighted by atomic mass is 9.88. The molecule has 1 aliphatic rings. The highest BCUT2D eigenvalue weighted by atomic mass is 19.1. The summed E-state index contributed by atoms with van der Waals surface area (Å²) in [5.41, 5.74) is 3.86. The van der Waals surface area contributed by atoms with Crippen molar-refractivity contribution in [2.24, 2.45) is 0 Å². The van der Waals surface area contributed by atoms with Crippen LogP contribution in [-0.2, 0) is 22.6 Å². The first-order chi connectivity index (χ1) is 15.5. The van der Waals surface area contributed by atoms with E-state index in [-0.39, 0.29) is 23.9 Å². The SMILES string of the molecule is Fc1ccc2c(c1)CO[B]2.[B]c1cccc(COC(=O)c2ccc3cccc(O)c3n2)c1. The summed E-state index contributed by atoms with van der Waals surface area (Å²) in [7, 11) is 7.32. The van der Waals surface area contributed by atoms with Gasteiger partial charge in [0.15, 0.2) is 0 Å². The third kappa shape index (κ3) is 5.15. The lowest BCUT2D eigenvalue weighted by molar-refractivity contribution is 0.0466. The second-order valence-corrected chi connectivity index (χ2v) is 7.14. The smallest absolute Gasteiger partial charge is 0.357 e. The minimum absolute atomic E-state index is 0.0305. The van der Waals surface area contributed by atoms with Gasteiger partial charge in [-0.25, -0.2) is 14.2 Å². The first-order valence-corrected chi connectivity index (χ1v) is 9.83. The van der Waals surface area contributed by atoms with Crippen LogP contribution in [0.1, 0.15) is 21.6 Å². The largest absolute Gasteiger partial charge is 0.506 e. The molecule has 4 aromatic rings. The highest BCUT2D eigenvalue weighted by Gasteiger charge is 2.13. The molecule has 1 aromatic heterocycles. The van der Waals surface area contributed by atoms with E-state index in [1.807, 2.05) is 12.1 Å². The van der Waals surface area contributed by atoms with E-state index in [4.69, 9.17) is 17.2 Å². The van der Waals surface area contributed by atoms with Crippen molar-refractivity contribution in [3.05, 3.63) is 95.4 Å². The van der Waals surface area contributed by atoms with E-state index in [1.165, 1.54) is 18.2 Å². The van der Waals surface area contributed by atoms with Crippen molar-refractivity contribution < 1.29 is 23.7 Å². The molecule has 1 N–H and O–H groups in total. The van der Waals surface area contributed by atoms with Crippen LogP contribution >= 0.6 is 0 Å². The molecule has 0 saturated carbocycles. The van der Waals surface area contributed by atoms with Gasteiger partial charge in [0, 0.05) is 5.39 Å². The van der Waals surface area contributed by atoms with E-state index in [0.29, 0.717) is 17.6 Å². The van der Waals surface area contributed by atoms with Crippen LogP contribution in [0, 0.1) is 5.82 Å². The number of nitrogens with zero attached hydrogens (tertiary/aromatic N) is 1. The maximum absolute atomic E-state index is 12.5. The van der Waals surface area contributed by atoms with Gasteiger partial charge >= 0.3 is 13.5 Å². The van der Waals surface area contributed by atoms with Gasteiger partial charge in [-0.15, -0.1) is 0 Å². The van der Waals surface area contributed by atoms with Crippen LogP contribution in [0.3, 0.4) is 0 Å². The number of esters is 1. The van der Waals surface area contributed by atoms with Crippen LogP contribution in [0.4, 0.5) is 4.39 Å². The lowest BCUT2D eigenvalue weighted by Crippen LogP contribution is -2.10. The minimum Gasteiger partial charge on any atom is -0.506 e. The highest BCUT2D eigenvalue weighted by Crippen LogP contribution is 2.22. The fraction of sp³-hybridized carbons (Fsp3) is 0.0833. The Morgan fingerprint density at radius 2 is 1.97 bits per heavy atom. The fourth-order valence-corrected chi connectivity index (χ4v) is 3.19. The molecule has 155 valence electrons. The Morgan fingerprint density at radius 3 is 2.81 bits per heavy atom. The molecule has 0 spiro atoms. The van der Waals surface area contributed by atoms with Crippen molar-refractivity contribution in [1.29, 1.82) is 0 Å². The second-order valence-electron chi connectivity index (χ2n) is 7.14. The average Bonchev–Trinajstić information content (AvgIpc) is 3.26. The van der Waals surface area contributed by atoms with E-state index < -0.39 is 5.97 Å². The van der Waals surface area contributed by atoms with Crippen molar-refractivity contribution in [3.8, 4) is 5.75 Å². The maximum Gasteiger partial charge on any atom is 0.357 e. The Hall–Kier alpha value is -3.64. The third-order valence-electron chi connectivity index (χ3n) is 4.78. The zero-order valence-corrected chi connectivity index (χ0v) is 17.0. The molecule has 0 bridgehead atoms. The number of pyridine rings is 1. The molecule has 0 fully saturated rings. The molecule has 0 aliphatic carbocycles. The second kappa shape index (κ2) is 9.66. The number of para-hydroxylation sites is 1. The number of carbonyl (C=O) groups excluding carboxylic acids is 1. The van der Waals surface area contributed by atoms with E-state index in [1.54, 1.807) is 49.9 Å². The molecular formula is C24H17B2FNO4. The van der Waals surface area contributed by atoms with Crippen LogP contribution in [-0.4, -0.2) is 31.4 Å². The summed E-state index contributed by atoms with van der Waals surface area (Å²) >= 11 is 0. The zero-order chi connectivity index (χ0) is 22.5. The summed E-state index contributed by atoms with van der Waals surface area (Å²) in [6.45, 7) is 0.622. The molecule has 0 atom stereocenters. The lowest BCUT2D eigenvalue weighted by Gasteiger charge is -2.06. The van der Waals surface area contributed by atoms with Crippen LogP contribution in [0.15, 0.2) is 72.8 Å². The Morgan fingerprint density at radius 1 is 1.12 bits per heavy atom. The number of benzene rings is 3. The number of carbonyl (C=O) groups is 1. The van der Waals surface area contributed by atoms with Crippen molar-refractivity contribution in [2.45, 2.75) is 13.2 Å². The van der Waals surface area contributed by atoms with Crippen molar-refractivity contribution in [3.63, 3.8) is 0 Å². The van der Waals surface area contributed by atoms with Crippen LogP contribution in [0.2, 0.25) is 0 Å². The quantitative estimate of drug-likeness (QED) is 0.405. The first kappa shape index (κ1) is 21.6. The number of phenolic OH excluding ortho intramolecular Hbond substituents is 1. The number of aromatic hydroxyl groups is 1. The Balaban J connectivity index is 0.000000203. The monoisotopic (exact) mass is 424 g/mol. The number of hydrogen-bond donors (Lipinski definition) is 1. The maximum atomic E-state index is 12.5. The van der Waals surface area contributed by atoms with Crippen LogP contribution in [0.25, 0.3) is 10.9 Å². The van der Waals surface area contributed by atoms with Gasteiger partial charge < -0.3 is 14.5 Å². The zero-order valence-electron chi connectivity index (χ0n) is 17.0. The van der Waals surface area contributed by atoms with Crippen molar-refractivity contribution in [1.82, 2.24) is 4.98 Å². The number of ether oxygens (including phenoxy) is 1. The molecule has 2 heterocycles. The molecule has 8 heteroatoms. The molecule has 0 unspecified atom stereocenters. The summed E-state index contributed by atoms with van der Waals surface area (Å²) in [6.07, 6.45) is 0. The third-order valence-corrected chi connectivity index (χ3v) is 4.78. The number of aromatic nitrogens is 1. The first-order valence-electron chi connectivity index (χ1n) is 9.83. The molecule has 0 saturated heterocycles. The Bertz CT molecular complexity index is 1280. The van der Waals surface area contributed by atoms with Gasteiger partial charge in [-0.1, -0.05) is 54.0 Å². The summed E-state index contributed by atoms with van der Waals surface area (Å²) in [5.74, 6) is -0.715. The number of halogens is 1. The summed E-state index contributed by atoms with van der Waals surface area (Å²) < 4.78 is 22.7. The molecule has 3 radical (unpaired) electrons. The van der Waals surface area contributed by atoms with Gasteiger partial charge in [-0.2, -0.15) is 0 Å². The van der Waals surface area contributed by atoms with E-state index in [9.17, 15) is 14.3 Å². The number of rotatable bonds is 3. The predicted octanol–water partition coefficient (Wildman–Crippen LogP) is 2.69. The molecular weight excluding hydrogens is 407 g/mol. The molecule has 0 amide bonds. The molecule has 5 rings (SSSR count). The minimum atomic E-state index is -0.549. The van der Waals surface area contributed by atoms with E-state index >= 15 is 0 Å². The van der Waals surface area contributed by atoms with E-state index in [0.717, 1.165) is 22.0 Å². The summed E-state index contributed by atoms with van der Waals surface area (Å²) in [5, 5.41) is 10.5. The van der Waals surface area contributed by atoms with Crippen molar-refractivity contribution >= 4 is 43.1 Å². The number of hydrogen-bond acceptors (Lipinski definition) is 5. The van der Waals surface area contributed by atoms with Crippen molar-refractivity contribution in [2.75, 3.05) is 0 Å².